The minimum atomic E-state index is -3.66. The van der Waals surface area contributed by atoms with Gasteiger partial charge in [-0.25, -0.2) is 17.8 Å². The van der Waals surface area contributed by atoms with Crippen LogP contribution in [0.4, 0.5) is 10.1 Å². The fraction of sp³-hybridized carbons (Fsp3) is 0.318. The number of anilines is 1. The summed E-state index contributed by atoms with van der Waals surface area (Å²) in [5, 5.41) is 2.71. The van der Waals surface area contributed by atoms with Gasteiger partial charge in [0.2, 0.25) is 15.9 Å². The average molecular weight is 459 g/mol. The third-order valence-corrected chi connectivity index (χ3v) is 7.55. The Kier molecular flexibility index (Phi) is 6.07. The maximum absolute atomic E-state index is 13.5. The predicted molar refractivity (Wildman–Crippen MR) is 118 cm³/mol. The smallest absolute Gasteiger partial charge is 0.261 e. The summed E-state index contributed by atoms with van der Waals surface area (Å²) >= 11 is 0. The molecule has 1 aliphatic rings. The molecule has 4 rings (SSSR count). The maximum Gasteiger partial charge on any atom is 0.261 e. The molecule has 1 aromatic heterocycles. The minimum Gasteiger partial charge on any atom is -0.324 e. The van der Waals surface area contributed by atoms with Gasteiger partial charge in [-0.2, -0.15) is 4.31 Å². The van der Waals surface area contributed by atoms with Crippen LogP contribution in [0, 0.1) is 12.7 Å². The molecule has 168 valence electrons. The molecule has 1 aliphatic heterocycles. The lowest BCUT2D eigenvalue weighted by Crippen LogP contribution is -2.36. The molecular formula is C22H23FN4O4S. The molecule has 0 radical (unpaired) electrons. The zero-order chi connectivity index (χ0) is 22.9. The van der Waals surface area contributed by atoms with Gasteiger partial charge in [0, 0.05) is 18.8 Å². The summed E-state index contributed by atoms with van der Waals surface area (Å²) < 4.78 is 42.2. The van der Waals surface area contributed by atoms with Crippen LogP contribution in [0.3, 0.4) is 0 Å². The lowest BCUT2D eigenvalue weighted by molar-refractivity contribution is -0.116. The third kappa shape index (κ3) is 4.42. The molecule has 2 aromatic carbocycles. The van der Waals surface area contributed by atoms with Crippen LogP contribution in [0.2, 0.25) is 0 Å². The summed E-state index contributed by atoms with van der Waals surface area (Å²) in [7, 11) is -3.66. The summed E-state index contributed by atoms with van der Waals surface area (Å²) in [5.41, 5.74) is 0.690. The molecule has 0 aliphatic carbocycles. The number of aryl methyl sites for hydroxylation is 1. The lowest BCUT2D eigenvalue weighted by Gasteiger charge is -2.26. The fourth-order valence-corrected chi connectivity index (χ4v) is 5.57. The van der Waals surface area contributed by atoms with Gasteiger partial charge in [0.15, 0.2) is 0 Å². The number of fused-ring (bicyclic) bond motifs is 1. The molecule has 2 heterocycles. The second kappa shape index (κ2) is 8.79. The number of piperidine rings is 1. The van der Waals surface area contributed by atoms with E-state index in [4.69, 9.17) is 0 Å². The van der Waals surface area contributed by atoms with Crippen LogP contribution in [-0.4, -0.2) is 41.3 Å². The molecular weight excluding hydrogens is 435 g/mol. The van der Waals surface area contributed by atoms with E-state index in [1.165, 1.54) is 28.8 Å². The number of amides is 1. The molecule has 0 unspecified atom stereocenters. The van der Waals surface area contributed by atoms with Crippen molar-refractivity contribution in [1.82, 2.24) is 13.9 Å². The van der Waals surface area contributed by atoms with Crippen molar-refractivity contribution in [2.75, 3.05) is 18.4 Å². The van der Waals surface area contributed by atoms with Gasteiger partial charge in [-0.1, -0.05) is 12.5 Å². The van der Waals surface area contributed by atoms with Gasteiger partial charge in [-0.05, 0) is 55.7 Å². The van der Waals surface area contributed by atoms with E-state index in [-0.39, 0.29) is 16.8 Å². The van der Waals surface area contributed by atoms with Crippen molar-refractivity contribution in [3.63, 3.8) is 0 Å². The standard InChI is InChI=1S/C22H23FN4O4S/c1-15-5-7-17(12-20(15)32(30,31)27-9-3-2-4-10-27)25-21(28)13-26-14-24-19-8-6-16(23)11-18(19)22(26)29/h5-8,11-12,14H,2-4,9-10,13H2,1H3,(H,25,28). The Hall–Kier alpha value is -3.11. The average Bonchev–Trinajstić information content (AvgIpc) is 2.78. The van der Waals surface area contributed by atoms with Crippen molar-refractivity contribution in [3.8, 4) is 0 Å². The van der Waals surface area contributed by atoms with Crippen molar-refractivity contribution in [2.24, 2.45) is 0 Å². The molecule has 0 saturated carbocycles. The van der Waals surface area contributed by atoms with Crippen LogP contribution < -0.4 is 10.9 Å². The van der Waals surface area contributed by atoms with Crippen molar-refractivity contribution in [2.45, 2.75) is 37.6 Å². The van der Waals surface area contributed by atoms with Crippen LogP contribution in [-0.2, 0) is 21.4 Å². The number of rotatable bonds is 5. The van der Waals surface area contributed by atoms with Gasteiger partial charge < -0.3 is 5.32 Å². The molecule has 1 fully saturated rings. The number of halogens is 1. The quantitative estimate of drug-likeness (QED) is 0.634. The number of hydrogen-bond donors (Lipinski definition) is 1. The van der Waals surface area contributed by atoms with Gasteiger partial charge in [-0.3, -0.25) is 14.2 Å². The molecule has 1 saturated heterocycles. The fourth-order valence-electron chi connectivity index (χ4n) is 3.80. The monoisotopic (exact) mass is 458 g/mol. The Labute approximate surface area is 184 Å². The highest BCUT2D eigenvalue weighted by molar-refractivity contribution is 7.89. The summed E-state index contributed by atoms with van der Waals surface area (Å²) in [4.78, 5) is 29.4. The van der Waals surface area contributed by atoms with E-state index >= 15 is 0 Å². The number of benzene rings is 2. The number of aromatic nitrogens is 2. The second-order valence-corrected chi connectivity index (χ2v) is 9.74. The summed E-state index contributed by atoms with van der Waals surface area (Å²) in [6, 6.07) is 8.37. The normalized spacial score (nSPS) is 15.1. The van der Waals surface area contributed by atoms with Crippen LogP contribution in [0.5, 0.6) is 0 Å². The molecule has 1 N–H and O–H groups in total. The first-order valence-electron chi connectivity index (χ1n) is 10.3. The van der Waals surface area contributed by atoms with Crippen molar-refractivity contribution < 1.29 is 17.6 Å². The van der Waals surface area contributed by atoms with Crippen molar-refractivity contribution in [3.05, 3.63) is 64.5 Å². The first kappa shape index (κ1) is 22.1. The van der Waals surface area contributed by atoms with Crippen LogP contribution >= 0.6 is 0 Å². The van der Waals surface area contributed by atoms with E-state index in [9.17, 15) is 22.4 Å². The molecule has 3 aromatic rings. The van der Waals surface area contributed by atoms with E-state index in [1.807, 2.05) is 0 Å². The van der Waals surface area contributed by atoms with E-state index in [0.717, 1.165) is 29.9 Å². The SMILES string of the molecule is Cc1ccc(NC(=O)Cn2cnc3ccc(F)cc3c2=O)cc1S(=O)(=O)N1CCCCC1. The molecule has 8 nitrogen and oxygen atoms in total. The summed E-state index contributed by atoms with van der Waals surface area (Å²) in [6.45, 7) is 2.33. The zero-order valence-corrected chi connectivity index (χ0v) is 18.4. The Bertz CT molecular complexity index is 1350. The van der Waals surface area contributed by atoms with E-state index < -0.39 is 27.3 Å². The molecule has 32 heavy (non-hydrogen) atoms. The lowest BCUT2D eigenvalue weighted by atomic mass is 10.2. The highest BCUT2D eigenvalue weighted by Gasteiger charge is 2.27. The zero-order valence-electron chi connectivity index (χ0n) is 17.5. The minimum absolute atomic E-state index is 0.0746. The molecule has 0 bridgehead atoms. The number of carbonyl (C=O) groups is 1. The predicted octanol–water partition coefficient (Wildman–Crippen LogP) is 2.66. The van der Waals surface area contributed by atoms with Gasteiger partial charge >= 0.3 is 0 Å². The topological polar surface area (TPSA) is 101 Å². The van der Waals surface area contributed by atoms with Crippen molar-refractivity contribution in [1.29, 1.82) is 0 Å². The maximum atomic E-state index is 13.5. The van der Waals surface area contributed by atoms with Gasteiger partial charge in [0.25, 0.3) is 5.56 Å². The Morgan fingerprint density at radius 3 is 2.62 bits per heavy atom. The van der Waals surface area contributed by atoms with Gasteiger partial charge in [0.05, 0.1) is 22.1 Å². The Morgan fingerprint density at radius 2 is 1.88 bits per heavy atom. The molecule has 0 atom stereocenters. The summed E-state index contributed by atoms with van der Waals surface area (Å²) in [6.07, 6.45) is 3.89. The third-order valence-electron chi connectivity index (χ3n) is 5.50. The van der Waals surface area contributed by atoms with Crippen LogP contribution in [0.1, 0.15) is 24.8 Å². The summed E-state index contributed by atoms with van der Waals surface area (Å²) in [5.74, 6) is -1.10. The van der Waals surface area contributed by atoms with E-state index in [0.29, 0.717) is 29.9 Å². The van der Waals surface area contributed by atoms with Crippen LogP contribution in [0.25, 0.3) is 10.9 Å². The van der Waals surface area contributed by atoms with Gasteiger partial charge in [-0.15, -0.1) is 0 Å². The number of nitrogens with one attached hydrogen (secondary N) is 1. The highest BCUT2D eigenvalue weighted by atomic mass is 32.2. The largest absolute Gasteiger partial charge is 0.324 e. The molecule has 10 heteroatoms. The Morgan fingerprint density at radius 1 is 1.12 bits per heavy atom. The van der Waals surface area contributed by atoms with E-state index in [2.05, 4.69) is 10.3 Å². The number of carbonyl (C=O) groups excluding carboxylic acids is 1. The number of nitrogens with zero attached hydrogens (tertiary/aromatic N) is 3. The number of hydrogen-bond acceptors (Lipinski definition) is 5. The van der Waals surface area contributed by atoms with Crippen LogP contribution in [0.15, 0.2) is 52.4 Å². The number of sulfonamides is 1. The first-order chi connectivity index (χ1) is 15.3. The van der Waals surface area contributed by atoms with E-state index in [1.54, 1.807) is 19.1 Å². The Balaban J connectivity index is 1.55. The van der Waals surface area contributed by atoms with Crippen molar-refractivity contribution >= 4 is 32.5 Å². The second-order valence-electron chi connectivity index (χ2n) is 7.83. The first-order valence-corrected chi connectivity index (χ1v) is 11.7. The molecule has 0 spiro atoms. The highest BCUT2D eigenvalue weighted by Crippen LogP contribution is 2.26. The molecule has 1 amide bonds. The van der Waals surface area contributed by atoms with Gasteiger partial charge in [0.1, 0.15) is 12.4 Å².